The van der Waals surface area contributed by atoms with Crippen LogP contribution in [0.5, 0.6) is 0 Å². The van der Waals surface area contributed by atoms with Gasteiger partial charge in [-0.05, 0) is 29.8 Å². The molecule has 2 fully saturated rings. The van der Waals surface area contributed by atoms with Gasteiger partial charge in [0.1, 0.15) is 23.8 Å². The zero-order valence-electron chi connectivity index (χ0n) is 16.1. The number of rotatable bonds is 4. The van der Waals surface area contributed by atoms with Crippen LogP contribution in [0.15, 0.2) is 53.3 Å². The summed E-state index contributed by atoms with van der Waals surface area (Å²) in [7, 11) is 1.52. The molecule has 0 saturated carbocycles. The van der Waals surface area contributed by atoms with Crippen molar-refractivity contribution in [2.75, 3.05) is 38.3 Å². The zero-order chi connectivity index (χ0) is 20.0. The Balaban J connectivity index is 1.48. The number of ether oxygens (including phenoxy) is 1. The van der Waals surface area contributed by atoms with Crippen molar-refractivity contribution in [1.29, 1.82) is 0 Å². The average Bonchev–Trinajstić information content (AvgIpc) is 3.41. The van der Waals surface area contributed by atoms with Gasteiger partial charge in [0.05, 0.1) is 17.7 Å². The third-order valence-corrected chi connectivity index (χ3v) is 6.10. The van der Waals surface area contributed by atoms with Gasteiger partial charge in [-0.25, -0.2) is 9.37 Å². The van der Waals surface area contributed by atoms with Crippen molar-refractivity contribution in [3.63, 3.8) is 0 Å². The standard InChI is InChI=1S/C22H22FN3O3/c1-28-13-20(27)26-11-15-10-25(22-17-6-8-29-19(17)5-7-24-22)12-18(15)21(26)14-3-2-4-16(23)9-14/h2-9,15,18,21H,10-13H2,1H3/t15-,18-,21+/m1/s1. The maximum atomic E-state index is 14.0. The fourth-order valence-electron chi connectivity index (χ4n) is 4.93. The Kier molecular flexibility index (Phi) is 4.47. The van der Waals surface area contributed by atoms with Gasteiger partial charge >= 0.3 is 0 Å². The number of aromatic nitrogens is 1. The highest BCUT2D eigenvalue weighted by Crippen LogP contribution is 2.46. The molecule has 6 nitrogen and oxygen atoms in total. The van der Waals surface area contributed by atoms with Gasteiger partial charge in [0.25, 0.3) is 0 Å². The number of amides is 1. The number of carbonyl (C=O) groups is 1. The number of furan rings is 1. The van der Waals surface area contributed by atoms with Crippen molar-refractivity contribution < 1.29 is 18.3 Å². The molecule has 0 spiro atoms. The molecule has 0 radical (unpaired) electrons. The van der Waals surface area contributed by atoms with E-state index in [0.29, 0.717) is 6.54 Å². The SMILES string of the molecule is COCC(=O)N1C[C@H]2CN(c3nccc4occc34)C[C@H]2[C@@H]1c1cccc(F)c1. The number of likely N-dealkylation sites (tertiary alicyclic amines) is 1. The summed E-state index contributed by atoms with van der Waals surface area (Å²) < 4.78 is 24.6. The Bertz CT molecular complexity index is 1050. The summed E-state index contributed by atoms with van der Waals surface area (Å²) in [4.78, 5) is 21.4. The number of benzene rings is 1. The van der Waals surface area contributed by atoms with Gasteiger partial charge in [-0.3, -0.25) is 4.79 Å². The number of hydrogen-bond acceptors (Lipinski definition) is 5. The molecule has 0 aliphatic carbocycles. The summed E-state index contributed by atoms with van der Waals surface area (Å²) in [6, 6.07) is 10.2. The molecule has 3 aromatic rings. The summed E-state index contributed by atoms with van der Waals surface area (Å²) in [5.41, 5.74) is 1.64. The van der Waals surface area contributed by atoms with Gasteiger partial charge in [0.2, 0.25) is 5.91 Å². The normalized spacial score (nSPS) is 23.7. The molecule has 0 unspecified atom stereocenters. The maximum absolute atomic E-state index is 14.0. The van der Waals surface area contributed by atoms with Crippen molar-refractivity contribution in [2.45, 2.75) is 6.04 Å². The number of fused-ring (bicyclic) bond motifs is 2. The van der Waals surface area contributed by atoms with Gasteiger partial charge in [-0.15, -0.1) is 0 Å². The van der Waals surface area contributed by atoms with Gasteiger partial charge in [-0.2, -0.15) is 0 Å². The maximum Gasteiger partial charge on any atom is 0.249 e. The number of nitrogens with zero attached hydrogens (tertiary/aromatic N) is 3. The highest BCUT2D eigenvalue weighted by molar-refractivity contribution is 5.88. The van der Waals surface area contributed by atoms with E-state index in [2.05, 4.69) is 9.88 Å². The van der Waals surface area contributed by atoms with E-state index in [9.17, 15) is 9.18 Å². The molecule has 1 aromatic carbocycles. The van der Waals surface area contributed by atoms with Crippen LogP contribution in [-0.2, 0) is 9.53 Å². The van der Waals surface area contributed by atoms with Crippen LogP contribution in [0.1, 0.15) is 11.6 Å². The number of methoxy groups -OCH3 is 1. The summed E-state index contributed by atoms with van der Waals surface area (Å²) >= 11 is 0. The lowest BCUT2D eigenvalue weighted by Crippen LogP contribution is -2.37. The van der Waals surface area contributed by atoms with Gasteiger partial charge in [0, 0.05) is 44.8 Å². The summed E-state index contributed by atoms with van der Waals surface area (Å²) in [5, 5.41) is 0.988. The number of hydrogen-bond donors (Lipinski definition) is 0. The molecular weight excluding hydrogens is 373 g/mol. The first kappa shape index (κ1) is 18.1. The Morgan fingerprint density at radius 2 is 2.17 bits per heavy atom. The Hall–Kier alpha value is -2.93. The van der Waals surface area contributed by atoms with E-state index in [1.54, 1.807) is 18.5 Å². The third-order valence-electron chi connectivity index (χ3n) is 6.10. The highest BCUT2D eigenvalue weighted by atomic mass is 19.1. The lowest BCUT2D eigenvalue weighted by Gasteiger charge is -2.30. The van der Waals surface area contributed by atoms with E-state index >= 15 is 0 Å². The number of anilines is 1. The first-order chi connectivity index (χ1) is 14.2. The molecule has 2 aliphatic heterocycles. The predicted molar refractivity (Wildman–Crippen MR) is 106 cm³/mol. The van der Waals surface area contributed by atoms with Crippen LogP contribution in [0.2, 0.25) is 0 Å². The summed E-state index contributed by atoms with van der Waals surface area (Å²) in [6.45, 7) is 2.21. The Morgan fingerprint density at radius 1 is 1.28 bits per heavy atom. The van der Waals surface area contributed by atoms with Crippen molar-refractivity contribution in [1.82, 2.24) is 9.88 Å². The molecule has 29 heavy (non-hydrogen) atoms. The largest absolute Gasteiger partial charge is 0.464 e. The van der Waals surface area contributed by atoms with Crippen LogP contribution in [0, 0.1) is 17.7 Å². The van der Waals surface area contributed by atoms with Gasteiger partial charge < -0.3 is 19.0 Å². The lowest BCUT2D eigenvalue weighted by atomic mass is 9.89. The van der Waals surface area contributed by atoms with Crippen LogP contribution in [0.25, 0.3) is 11.0 Å². The second kappa shape index (κ2) is 7.15. The second-order valence-electron chi connectivity index (χ2n) is 7.77. The molecule has 7 heteroatoms. The average molecular weight is 395 g/mol. The molecule has 4 heterocycles. The van der Waals surface area contributed by atoms with Crippen LogP contribution in [0.3, 0.4) is 0 Å². The van der Waals surface area contributed by atoms with E-state index in [-0.39, 0.29) is 36.2 Å². The Morgan fingerprint density at radius 3 is 3.00 bits per heavy atom. The van der Waals surface area contributed by atoms with E-state index in [1.165, 1.54) is 19.2 Å². The van der Waals surface area contributed by atoms with E-state index < -0.39 is 0 Å². The Labute approximate surface area is 167 Å². The molecule has 2 saturated heterocycles. The smallest absolute Gasteiger partial charge is 0.249 e. The second-order valence-corrected chi connectivity index (χ2v) is 7.77. The minimum Gasteiger partial charge on any atom is -0.464 e. The minimum absolute atomic E-state index is 0.0326. The van der Waals surface area contributed by atoms with Crippen molar-refractivity contribution in [2.24, 2.45) is 11.8 Å². The van der Waals surface area contributed by atoms with Gasteiger partial charge in [0.15, 0.2) is 0 Å². The fourth-order valence-corrected chi connectivity index (χ4v) is 4.93. The first-order valence-electron chi connectivity index (χ1n) is 9.76. The van der Waals surface area contributed by atoms with Crippen LogP contribution in [-0.4, -0.2) is 49.1 Å². The molecule has 2 aromatic heterocycles. The molecule has 3 atom stereocenters. The number of pyridine rings is 1. The molecule has 150 valence electrons. The van der Waals surface area contributed by atoms with E-state index in [1.807, 2.05) is 23.1 Å². The lowest BCUT2D eigenvalue weighted by molar-refractivity contribution is -0.136. The molecule has 1 amide bonds. The highest BCUT2D eigenvalue weighted by Gasteiger charge is 2.49. The molecular formula is C22H22FN3O3. The first-order valence-corrected chi connectivity index (χ1v) is 9.76. The quantitative estimate of drug-likeness (QED) is 0.679. The molecule has 0 N–H and O–H groups in total. The fraction of sp³-hybridized carbons (Fsp3) is 0.364. The minimum atomic E-state index is -0.287. The van der Waals surface area contributed by atoms with Gasteiger partial charge in [-0.1, -0.05) is 12.1 Å². The number of carbonyl (C=O) groups excluding carboxylic acids is 1. The monoisotopic (exact) mass is 395 g/mol. The molecule has 0 bridgehead atoms. The summed E-state index contributed by atoms with van der Waals surface area (Å²) in [6.07, 6.45) is 3.43. The van der Waals surface area contributed by atoms with Crippen LogP contribution in [0.4, 0.5) is 10.2 Å². The van der Waals surface area contributed by atoms with Crippen LogP contribution >= 0.6 is 0 Å². The van der Waals surface area contributed by atoms with E-state index in [0.717, 1.165) is 35.4 Å². The summed E-state index contributed by atoms with van der Waals surface area (Å²) in [5.74, 6) is 1.04. The van der Waals surface area contributed by atoms with Crippen molar-refractivity contribution >= 4 is 22.7 Å². The van der Waals surface area contributed by atoms with Crippen LogP contribution < -0.4 is 4.90 Å². The van der Waals surface area contributed by atoms with Crippen molar-refractivity contribution in [3.05, 3.63) is 60.2 Å². The third kappa shape index (κ3) is 3.06. The molecule has 2 aliphatic rings. The zero-order valence-corrected chi connectivity index (χ0v) is 16.1. The van der Waals surface area contributed by atoms with Crippen molar-refractivity contribution in [3.8, 4) is 0 Å². The topological polar surface area (TPSA) is 58.8 Å². The van der Waals surface area contributed by atoms with E-state index in [4.69, 9.17) is 9.15 Å². The number of halogens is 1. The molecule has 5 rings (SSSR count). The predicted octanol–water partition coefficient (Wildman–Crippen LogP) is 3.25.